The first-order valence-corrected chi connectivity index (χ1v) is 10.4. The molecule has 0 aliphatic heterocycles. The van der Waals surface area contributed by atoms with Crippen LogP contribution in [0, 0.1) is 5.41 Å². The second kappa shape index (κ2) is 9.00. The minimum Gasteiger partial charge on any atom is -0.493 e. The van der Waals surface area contributed by atoms with Crippen LogP contribution in [0.1, 0.15) is 50.0 Å². The fraction of sp³-hybridized carbons (Fsp3) is 0.440. The van der Waals surface area contributed by atoms with Crippen molar-refractivity contribution in [1.29, 1.82) is 0 Å². The first kappa shape index (κ1) is 22.7. The smallest absolute Gasteiger partial charge is 0.315 e. The Morgan fingerprint density at radius 3 is 2.32 bits per heavy atom. The van der Waals surface area contributed by atoms with Crippen LogP contribution in [0.2, 0.25) is 0 Å². The summed E-state index contributed by atoms with van der Waals surface area (Å²) >= 11 is 0. The molecule has 0 aromatic heterocycles. The van der Waals surface area contributed by atoms with Gasteiger partial charge in [0.15, 0.2) is 17.3 Å². The van der Waals surface area contributed by atoms with Gasteiger partial charge in [-0.1, -0.05) is 18.2 Å². The predicted octanol–water partition coefficient (Wildman–Crippen LogP) is 4.86. The number of esters is 1. The monoisotopic (exact) mass is 426 g/mol. The van der Waals surface area contributed by atoms with E-state index in [9.17, 15) is 9.59 Å². The lowest BCUT2D eigenvalue weighted by Crippen LogP contribution is -2.34. The second-order valence-electron chi connectivity index (χ2n) is 8.56. The maximum atomic E-state index is 12.5. The minimum atomic E-state index is -0.871. The number of ether oxygens (including phenoxy) is 4. The van der Waals surface area contributed by atoms with Crippen LogP contribution in [-0.2, 0) is 16.0 Å². The Balaban J connectivity index is 2.05. The highest BCUT2D eigenvalue weighted by Gasteiger charge is 2.33. The summed E-state index contributed by atoms with van der Waals surface area (Å²) in [7, 11) is 3.11. The minimum absolute atomic E-state index is 0.0863. The fourth-order valence-electron chi connectivity index (χ4n) is 3.68. The van der Waals surface area contributed by atoms with Gasteiger partial charge in [-0.05, 0) is 57.4 Å². The van der Waals surface area contributed by atoms with E-state index in [1.54, 1.807) is 28.1 Å². The molecule has 0 spiro atoms. The number of ketones is 1. The van der Waals surface area contributed by atoms with Crippen molar-refractivity contribution >= 4 is 11.8 Å². The van der Waals surface area contributed by atoms with Crippen molar-refractivity contribution in [2.45, 2.75) is 46.6 Å². The zero-order valence-corrected chi connectivity index (χ0v) is 19.0. The molecular formula is C25H30O6. The van der Waals surface area contributed by atoms with E-state index in [1.807, 2.05) is 44.2 Å². The van der Waals surface area contributed by atoms with E-state index in [-0.39, 0.29) is 24.5 Å². The van der Waals surface area contributed by atoms with Crippen molar-refractivity contribution in [3.05, 3.63) is 41.5 Å². The van der Waals surface area contributed by atoms with Crippen LogP contribution in [0.4, 0.5) is 0 Å². The summed E-state index contributed by atoms with van der Waals surface area (Å²) in [6.07, 6.45) is 0.979. The van der Waals surface area contributed by atoms with Gasteiger partial charge in [0.1, 0.15) is 6.61 Å². The van der Waals surface area contributed by atoms with Gasteiger partial charge in [-0.25, -0.2) is 0 Å². The van der Waals surface area contributed by atoms with Crippen molar-refractivity contribution < 1.29 is 28.5 Å². The van der Waals surface area contributed by atoms with E-state index in [4.69, 9.17) is 18.9 Å². The van der Waals surface area contributed by atoms with Gasteiger partial charge in [0.2, 0.25) is 5.75 Å². The molecule has 31 heavy (non-hydrogen) atoms. The molecule has 0 amide bonds. The molecule has 6 nitrogen and oxygen atoms in total. The van der Waals surface area contributed by atoms with Gasteiger partial charge >= 0.3 is 5.97 Å². The maximum absolute atomic E-state index is 12.5. The Labute approximate surface area is 183 Å². The molecule has 0 radical (unpaired) electrons. The third-order valence-corrected chi connectivity index (χ3v) is 5.34. The molecule has 0 bridgehead atoms. The quantitative estimate of drug-likeness (QED) is 0.562. The Hall–Kier alpha value is -3.02. The van der Waals surface area contributed by atoms with Crippen LogP contribution < -0.4 is 14.2 Å². The summed E-state index contributed by atoms with van der Waals surface area (Å²) in [5.41, 5.74) is 2.59. The maximum Gasteiger partial charge on any atom is 0.315 e. The standard InChI is InChI=1S/C25H30O6/c1-15(2)31-24(27)25(3,4)14-30-22-19(11-13-21(28-5)23(22)29-6)16-8-7-9-18-17(16)10-12-20(18)26/h7-9,11,13,15H,10,12,14H2,1-6H3. The molecule has 0 N–H and O–H groups in total. The van der Waals surface area contributed by atoms with Crippen LogP contribution in [-0.4, -0.2) is 38.7 Å². The van der Waals surface area contributed by atoms with Crippen molar-refractivity contribution in [3.63, 3.8) is 0 Å². The topological polar surface area (TPSA) is 71.1 Å². The highest BCUT2D eigenvalue weighted by atomic mass is 16.6. The van der Waals surface area contributed by atoms with Gasteiger partial charge < -0.3 is 18.9 Å². The third kappa shape index (κ3) is 4.53. The fourth-order valence-corrected chi connectivity index (χ4v) is 3.68. The number of rotatable bonds is 8. The van der Waals surface area contributed by atoms with Crippen LogP contribution in [0.15, 0.2) is 30.3 Å². The Kier molecular flexibility index (Phi) is 6.58. The van der Waals surface area contributed by atoms with Crippen LogP contribution in [0.3, 0.4) is 0 Å². The summed E-state index contributed by atoms with van der Waals surface area (Å²) in [6, 6.07) is 9.43. The number of fused-ring (bicyclic) bond motifs is 1. The van der Waals surface area contributed by atoms with Gasteiger partial charge in [0.05, 0.1) is 25.7 Å². The van der Waals surface area contributed by atoms with Crippen LogP contribution in [0.25, 0.3) is 11.1 Å². The van der Waals surface area contributed by atoms with Gasteiger partial charge in [-0.2, -0.15) is 0 Å². The number of carbonyl (C=O) groups excluding carboxylic acids is 2. The summed E-state index contributed by atoms with van der Waals surface area (Å²) in [5, 5.41) is 0. The van der Waals surface area contributed by atoms with E-state index in [0.29, 0.717) is 30.1 Å². The first-order chi connectivity index (χ1) is 14.7. The van der Waals surface area contributed by atoms with Gasteiger partial charge in [-0.15, -0.1) is 0 Å². The first-order valence-electron chi connectivity index (χ1n) is 10.4. The van der Waals surface area contributed by atoms with Crippen molar-refractivity contribution in [1.82, 2.24) is 0 Å². The van der Waals surface area contributed by atoms with E-state index in [1.165, 1.54) is 0 Å². The van der Waals surface area contributed by atoms with E-state index in [2.05, 4.69) is 0 Å². The van der Waals surface area contributed by atoms with E-state index < -0.39 is 5.41 Å². The van der Waals surface area contributed by atoms with E-state index in [0.717, 1.165) is 22.3 Å². The molecule has 0 saturated carbocycles. The molecule has 0 fully saturated rings. The normalized spacial score (nSPS) is 13.2. The highest BCUT2D eigenvalue weighted by molar-refractivity contribution is 6.02. The zero-order chi connectivity index (χ0) is 22.8. The number of carbonyl (C=O) groups is 2. The van der Waals surface area contributed by atoms with Gasteiger partial charge in [-0.3, -0.25) is 9.59 Å². The number of benzene rings is 2. The molecule has 1 aliphatic carbocycles. The Morgan fingerprint density at radius 2 is 1.68 bits per heavy atom. The van der Waals surface area contributed by atoms with Gasteiger partial charge in [0, 0.05) is 17.5 Å². The molecule has 166 valence electrons. The third-order valence-electron chi connectivity index (χ3n) is 5.34. The molecule has 0 atom stereocenters. The lowest BCUT2D eigenvalue weighted by Gasteiger charge is -2.26. The predicted molar refractivity (Wildman–Crippen MR) is 118 cm³/mol. The summed E-state index contributed by atoms with van der Waals surface area (Å²) in [6.45, 7) is 7.28. The van der Waals surface area contributed by atoms with E-state index >= 15 is 0 Å². The van der Waals surface area contributed by atoms with Crippen molar-refractivity contribution in [2.24, 2.45) is 5.41 Å². The molecule has 3 rings (SSSR count). The molecule has 2 aromatic rings. The Morgan fingerprint density at radius 1 is 0.968 bits per heavy atom. The summed E-state index contributed by atoms with van der Waals surface area (Å²) in [5.74, 6) is 1.25. The largest absolute Gasteiger partial charge is 0.493 e. The molecule has 1 aliphatic rings. The molecule has 6 heteroatoms. The van der Waals surface area contributed by atoms with Crippen molar-refractivity contribution in [3.8, 4) is 28.4 Å². The van der Waals surface area contributed by atoms with Gasteiger partial charge in [0.25, 0.3) is 0 Å². The van der Waals surface area contributed by atoms with Crippen LogP contribution >= 0.6 is 0 Å². The second-order valence-corrected chi connectivity index (χ2v) is 8.56. The summed E-state index contributed by atoms with van der Waals surface area (Å²) in [4.78, 5) is 24.8. The number of methoxy groups -OCH3 is 2. The number of hydrogen-bond acceptors (Lipinski definition) is 6. The lowest BCUT2D eigenvalue weighted by molar-refractivity contribution is -0.159. The molecular weight excluding hydrogens is 396 g/mol. The molecule has 0 heterocycles. The molecule has 0 saturated heterocycles. The average molecular weight is 427 g/mol. The van der Waals surface area contributed by atoms with Crippen LogP contribution in [0.5, 0.6) is 17.2 Å². The highest BCUT2D eigenvalue weighted by Crippen LogP contribution is 2.47. The average Bonchev–Trinajstić information content (AvgIpc) is 3.12. The summed E-state index contributed by atoms with van der Waals surface area (Å²) < 4.78 is 22.7. The SMILES string of the molecule is COc1ccc(-c2cccc3c2CCC3=O)c(OCC(C)(C)C(=O)OC(C)C)c1OC. The number of hydrogen-bond donors (Lipinski definition) is 0. The molecule has 0 unspecified atom stereocenters. The molecule has 2 aromatic carbocycles. The van der Waals surface area contributed by atoms with Crippen molar-refractivity contribution in [2.75, 3.05) is 20.8 Å². The lowest BCUT2D eigenvalue weighted by atomic mass is 9.94. The Bertz CT molecular complexity index is 990. The zero-order valence-electron chi connectivity index (χ0n) is 19.0. The number of Topliss-reactive ketones (excluding diaryl/α,β-unsaturated/α-hetero) is 1.